The van der Waals surface area contributed by atoms with Gasteiger partial charge in [0, 0.05) is 12.1 Å². The molecule has 6 nitrogen and oxygen atoms in total. The molecule has 0 bridgehead atoms. The van der Waals surface area contributed by atoms with Gasteiger partial charge in [0.05, 0.1) is 11.9 Å². The van der Waals surface area contributed by atoms with E-state index >= 15 is 0 Å². The molecular weight excluding hydrogens is 268 g/mol. The molecule has 3 rings (SSSR count). The van der Waals surface area contributed by atoms with Crippen molar-refractivity contribution in [2.75, 3.05) is 10.6 Å². The number of carbonyl (C=O) groups is 1. The summed E-state index contributed by atoms with van der Waals surface area (Å²) in [6.45, 7) is 1.77. The van der Waals surface area contributed by atoms with Gasteiger partial charge in [-0.15, -0.1) is 0 Å². The van der Waals surface area contributed by atoms with Gasteiger partial charge in [-0.3, -0.25) is 4.79 Å². The number of nitrogens with one attached hydrogen (secondary N) is 2. The molecule has 1 aliphatic carbocycles. The Kier molecular flexibility index (Phi) is 3.85. The topological polar surface area (TPSA) is 80.0 Å². The number of hydrogen-bond acceptors (Lipinski definition) is 5. The van der Waals surface area contributed by atoms with E-state index < -0.39 is 0 Å². The van der Waals surface area contributed by atoms with Gasteiger partial charge in [-0.1, -0.05) is 18.0 Å². The number of carbonyl (C=O) groups excluding carboxylic acids is 1. The minimum atomic E-state index is -0.296. The second-order valence-corrected chi connectivity index (χ2v) is 5.33. The molecule has 0 aliphatic heterocycles. The predicted molar refractivity (Wildman–Crippen MR) is 79.3 cm³/mol. The van der Waals surface area contributed by atoms with E-state index in [0.717, 1.165) is 5.69 Å². The Morgan fingerprint density at radius 1 is 1.33 bits per heavy atom. The molecular formula is C15H18N4O2. The quantitative estimate of drug-likeness (QED) is 0.903. The summed E-state index contributed by atoms with van der Waals surface area (Å²) >= 11 is 0. The average Bonchev–Trinajstić information content (AvgIpc) is 3.12. The van der Waals surface area contributed by atoms with Crippen LogP contribution in [0.15, 0.2) is 28.9 Å². The smallest absolute Gasteiger partial charge is 0.275 e. The summed E-state index contributed by atoms with van der Waals surface area (Å²) < 4.78 is 4.90. The molecule has 0 atom stereocenters. The second kappa shape index (κ2) is 5.95. The van der Waals surface area contributed by atoms with Gasteiger partial charge in [0.25, 0.3) is 5.91 Å². The zero-order valence-corrected chi connectivity index (χ0v) is 11.9. The van der Waals surface area contributed by atoms with Gasteiger partial charge < -0.3 is 15.2 Å². The molecule has 0 unspecified atom stereocenters. The fourth-order valence-electron chi connectivity index (χ4n) is 2.53. The Balaban J connectivity index is 1.61. The van der Waals surface area contributed by atoms with Crippen molar-refractivity contribution in [1.29, 1.82) is 0 Å². The SMILES string of the molecule is Cc1cc(NC(=O)c2ccc(NC3CCCC3)cn2)no1. The monoisotopic (exact) mass is 286 g/mol. The average molecular weight is 286 g/mol. The number of anilines is 2. The molecule has 1 amide bonds. The molecule has 2 N–H and O–H groups in total. The Labute approximate surface area is 122 Å². The lowest BCUT2D eigenvalue weighted by molar-refractivity contribution is 0.102. The van der Waals surface area contributed by atoms with Gasteiger partial charge in [0.2, 0.25) is 0 Å². The second-order valence-electron chi connectivity index (χ2n) is 5.33. The first-order valence-electron chi connectivity index (χ1n) is 7.18. The number of pyridine rings is 1. The van der Waals surface area contributed by atoms with E-state index in [9.17, 15) is 4.79 Å². The summed E-state index contributed by atoms with van der Waals surface area (Å²) in [6, 6.07) is 5.78. The first kappa shape index (κ1) is 13.6. The van der Waals surface area contributed by atoms with Crippen molar-refractivity contribution in [2.45, 2.75) is 38.6 Å². The summed E-state index contributed by atoms with van der Waals surface area (Å²) in [6.07, 6.45) is 6.66. The van der Waals surface area contributed by atoms with E-state index in [1.807, 2.05) is 6.07 Å². The Hall–Kier alpha value is -2.37. The summed E-state index contributed by atoms with van der Waals surface area (Å²) in [5.41, 5.74) is 1.31. The summed E-state index contributed by atoms with van der Waals surface area (Å²) in [4.78, 5) is 16.2. The number of aromatic nitrogens is 2. The molecule has 2 aromatic rings. The van der Waals surface area contributed by atoms with Gasteiger partial charge in [0.15, 0.2) is 5.82 Å². The number of aryl methyl sites for hydroxylation is 1. The standard InChI is InChI=1S/C15H18N4O2/c1-10-8-14(19-21-10)18-15(20)13-7-6-12(9-16-13)17-11-4-2-3-5-11/h6-9,11,17H,2-5H2,1H3,(H,18,19,20). The number of rotatable bonds is 4. The van der Waals surface area contributed by atoms with Crippen LogP contribution in [0.1, 0.15) is 41.9 Å². The van der Waals surface area contributed by atoms with Crippen LogP contribution in [0.4, 0.5) is 11.5 Å². The number of amides is 1. The van der Waals surface area contributed by atoms with Crippen molar-refractivity contribution < 1.29 is 9.32 Å². The molecule has 1 saturated carbocycles. The maximum absolute atomic E-state index is 12.0. The van der Waals surface area contributed by atoms with Crippen LogP contribution in [0.25, 0.3) is 0 Å². The molecule has 6 heteroatoms. The minimum absolute atomic E-state index is 0.296. The highest BCUT2D eigenvalue weighted by atomic mass is 16.5. The normalized spacial score (nSPS) is 15.1. The number of nitrogens with zero attached hydrogens (tertiary/aromatic N) is 2. The van der Waals surface area contributed by atoms with Gasteiger partial charge in [-0.25, -0.2) is 4.98 Å². The third-order valence-electron chi connectivity index (χ3n) is 3.59. The van der Waals surface area contributed by atoms with Crippen molar-refractivity contribution in [1.82, 2.24) is 10.1 Å². The maximum atomic E-state index is 12.0. The fourth-order valence-corrected chi connectivity index (χ4v) is 2.53. The van der Waals surface area contributed by atoms with Crippen molar-refractivity contribution in [3.05, 3.63) is 35.9 Å². The molecule has 0 saturated heterocycles. The Morgan fingerprint density at radius 2 is 2.14 bits per heavy atom. The van der Waals surface area contributed by atoms with E-state index in [-0.39, 0.29) is 5.91 Å². The van der Waals surface area contributed by atoms with E-state index in [1.54, 1.807) is 25.3 Å². The van der Waals surface area contributed by atoms with Crippen LogP contribution in [0.3, 0.4) is 0 Å². The predicted octanol–water partition coefficient (Wildman–Crippen LogP) is 2.98. The minimum Gasteiger partial charge on any atom is -0.381 e. The van der Waals surface area contributed by atoms with Crippen LogP contribution in [0.5, 0.6) is 0 Å². The van der Waals surface area contributed by atoms with Crippen molar-refractivity contribution in [2.24, 2.45) is 0 Å². The lowest BCUT2D eigenvalue weighted by Crippen LogP contribution is -2.16. The zero-order chi connectivity index (χ0) is 14.7. The molecule has 1 fully saturated rings. The first-order valence-corrected chi connectivity index (χ1v) is 7.18. The van der Waals surface area contributed by atoms with Gasteiger partial charge >= 0.3 is 0 Å². The maximum Gasteiger partial charge on any atom is 0.275 e. The highest BCUT2D eigenvalue weighted by Gasteiger charge is 2.15. The highest BCUT2D eigenvalue weighted by molar-refractivity contribution is 6.02. The lowest BCUT2D eigenvalue weighted by atomic mass is 10.2. The first-order chi connectivity index (χ1) is 10.2. The van der Waals surface area contributed by atoms with Crippen LogP contribution in [0.2, 0.25) is 0 Å². The Bertz CT molecular complexity index is 615. The van der Waals surface area contributed by atoms with E-state index in [1.165, 1.54) is 25.7 Å². The highest BCUT2D eigenvalue weighted by Crippen LogP contribution is 2.22. The summed E-state index contributed by atoms with van der Waals surface area (Å²) in [5.74, 6) is 0.748. The van der Waals surface area contributed by atoms with Gasteiger partial charge in [0.1, 0.15) is 11.5 Å². The van der Waals surface area contributed by atoms with Crippen LogP contribution < -0.4 is 10.6 Å². The summed E-state index contributed by atoms with van der Waals surface area (Å²) in [5, 5.41) is 9.80. The van der Waals surface area contributed by atoms with Crippen LogP contribution >= 0.6 is 0 Å². The zero-order valence-electron chi connectivity index (χ0n) is 11.9. The van der Waals surface area contributed by atoms with E-state index in [0.29, 0.717) is 23.3 Å². The molecule has 2 heterocycles. The molecule has 1 aliphatic rings. The van der Waals surface area contributed by atoms with Gasteiger partial charge in [-0.2, -0.15) is 0 Å². The third kappa shape index (κ3) is 3.39. The summed E-state index contributed by atoms with van der Waals surface area (Å²) in [7, 11) is 0. The van der Waals surface area contributed by atoms with Gasteiger partial charge in [-0.05, 0) is 31.9 Å². The lowest BCUT2D eigenvalue weighted by Gasteiger charge is -2.13. The fraction of sp³-hybridized carbons (Fsp3) is 0.400. The third-order valence-corrected chi connectivity index (χ3v) is 3.59. The van der Waals surface area contributed by atoms with Crippen LogP contribution in [-0.2, 0) is 0 Å². The molecule has 0 spiro atoms. The van der Waals surface area contributed by atoms with Crippen molar-refractivity contribution in [3.63, 3.8) is 0 Å². The van der Waals surface area contributed by atoms with E-state index in [2.05, 4.69) is 20.8 Å². The molecule has 21 heavy (non-hydrogen) atoms. The van der Waals surface area contributed by atoms with Crippen LogP contribution in [-0.4, -0.2) is 22.1 Å². The molecule has 0 aromatic carbocycles. The van der Waals surface area contributed by atoms with Crippen molar-refractivity contribution >= 4 is 17.4 Å². The van der Waals surface area contributed by atoms with Crippen molar-refractivity contribution in [3.8, 4) is 0 Å². The number of hydrogen-bond donors (Lipinski definition) is 2. The molecule has 0 radical (unpaired) electrons. The largest absolute Gasteiger partial charge is 0.381 e. The van der Waals surface area contributed by atoms with E-state index in [4.69, 9.17) is 4.52 Å². The Morgan fingerprint density at radius 3 is 2.76 bits per heavy atom. The molecule has 2 aromatic heterocycles. The molecule has 110 valence electrons. The van der Waals surface area contributed by atoms with Crippen LogP contribution in [0, 0.1) is 6.92 Å².